The van der Waals surface area contributed by atoms with Crippen LogP contribution in [0.1, 0.15) is 10.4 Å². The fraction of sp³-hybridized carbons (Fsp3) is 0.417. The molecule has 0 saturated carbocycles. The second-order valence-electron chi connectivity index (χ2n) is 4.15. The normalized spacial score (nSPS) is 14.9. The van der Waals surface area contributed by atoms with Crippen LogP contribution in [-0.2, 0) is 10.8 Å². The van der Waals surface area contributed by atoms with Crippen LogP contribution in [0.2, 0.25) is 0 Å². The van der Waals surface area contributed by atoms with Crippen molar-refractivity contribution in [2.45, 2.75) is 0 Å². The number of carbonyl (C=O) groups is 1. The molecule has 98 valence electrons. The molecule has 1 amide bonds. The van der Waals surface area contributed by atoms with E-state index in [1.807, 2.05) is 12.1 Å². The number of fused-ring (bicyclic) bond motifs is 1. The van der Waals surface area contributed by atoms with E-state index >= 15 is 0 Å². The lowest BCUT2D eigenvalue weighted by molar-refractivity contribution is 0.0956. The summed E-state index contributed by atoms with van der Waals surface area (Å²) in [5, 5.41) is 9.25. The molecule has 0 aliphatic carbocycles. The molecule has 1 aliphatic heterocycles. The summed E-state index contributed by atoms with van der Waals surface area (Å²) in [5.74, 6) is 0.354. The first kappa shape index (κ1) is 12.9. The fourth-order valence-corrected chi connectivity index (χ4v) is 2.18. The highest BCUT2D eigenvalue weighted by atomic mass is 32.2. The lowest BCUT2D eigenvalue weighted by atomic mass is 10.1. The Morgan fingerprint density at radius 3 is 2.78 bits per heavy atom. The van der Waals surface area contributed by atoms with Gasteiger partial charge in [-0.2, -0.15) is 0 Å². The van der Waals surface area contributed by atoms with Gasteiger partial charge in [0.05, 0.1) is 11.4 Å². The van der Waals surface area contributed by atoms with E-state index in [2.05, 4.69) is 16.0 Å². The van der Waals surface area contributed by atoms with Crippen LogP contribution in [0.5, 0.6) is 0 Å². The molecule has 5 nitrogen and oxygen atoms in total. The van der Waals surface area contributed by atoms with Crippen molar-refractivity contribution in [3.8, 4) is 0 Å². The highest BCUT2D eigenvalue weighted by molar-refractivity contribution is 7.84. The van der Waals surface area contributed by atoms with Crippen molar-refractivity contribution < 1.29 is 9.00 Å². The Morgan fingerprint density at radius 1 is 1.33 bits per heavy atom. The summed E-state index contributed by atoms with van der Waals surface area (Å²) in [5.41, 5.74) is 2.59. The quantitative estimate of drug-likeness (QED) is 0.748. The lowest BCUT2D eigenvalue weighted by Gasteiger charge is -2.20. The van der Waals surface area contributed by atoms with Crippen molar-refractivity contribution in [2.75, 3.05) is 42.3 Å². The van der Waals surface area contributed by atoms with Crippen LogP contribution >= 0.6 is 0 Å². The largest absolute Gasteiger partial charge is 0.382 e. The monoisotopic (exact) mass is 267 g/mol. The highest BCUT2D eigenvalue weighted by Gasteiger charge is 2.11. The summed E-state index contributed by atoms with van der Waals surface area (Å²) in [6.07, 6.45) is 1.63. The van der Waals surface area contributed by atoms with Crippen molar-refractivity contribution in [3.05, 3.63) is 23.8 Å². The number of benzene rings is 1. The topological polar surface area (TPSA) is 70.2 Å². The van der Waals surface area contributed by atoms with Gasteiger partial charge in [-0.15, -0.1) is 0 Å². The zero-order chi connectivity index (χ0) is 13.0. The molecule has 1 aromatic rings. The second kappa shape index (κ2) is 5.86. The third kappa shape index (κ3) is 3.22. The molecule has 0 saturated heterocycles. The average Bonchev–Trinajstić information content (AvgIpc) is 2.37. The average molecular weight is 267 g/mol. The Labute approximate surface area is 109 Å². The maximum Gasteiger partial charge on any atom is 0.251 e. The number of rotatable bonds is 4. The molecule has 1 aliphatic rings. The molecule has 0 spiro atoms. The van der Waals surface area contributed by atoms with Gasteiger partial charge in [-0.1, -0.05) is 0 Å². The molecule has 0 fully saturated rings. The van der Waals surface area contributed by atoms with Gasteiger partial charge in [0.25, 0.3) is 5.91 Å². The number of anilines is 2. The summed E-state index contributed by atoms with van der Waals surface area (Å²) in [7, 11) is -0.877. The number of hydrogen-bond donors (Lipinski definition) is 3. The maximum atomic E-state index is 11.9. The Hall–Kier alpha value is -1.56. The number of hydrogen-bond acceptors (Lipinski definition) is 4. The van der Waals surface area contributed by atoms with Gasteiger partial charge in [-0.25, -0.2) is 0 Å². The molecule has 6 heteroatoms. The van der Waals surface area contributed by atoms with E-state index in [1.165, 1.54) is 0 Å². The molecule has 3 N–H and O–H groups in total. The zero-order valence-corrected chi connectivity index (χ0v) is 11.1. The standard InChI is InChI=1S/C12H17N3O2S/c1-18(17)7-6-15-12(16)9-2-3-10-11(8-9)14-5-4-13-10/h2-3,8,13-14H,4-7H2,1H3,(H,15,16). The molecule has 0 radical (unpaired) electrons. The van der Waals surface area contributed by atoms with E-state index < -0.39 is 10.8 Å². The van der Waals surface area contributed by atoms with Crippen molar-refractivity contribution >= 4 is 28.1 Å². The third-order valence-corrected chi connectivity index (χ3v) is 3.49. The van der Waals surface area contributed by atoms with Gasteiger partial charge in [0.2, 0.25) is 0 Å². The van der Waals surface area contributed by atoms with E-state index in [4.69, 9.17) is 0 Å². The first-order valence-electron chi connectivity index (χ1n) is 5.87. The molecule has 2 rings (SSSR count). The van der Waals surface area contributed by atoms with E-state index in [1.54, 1.807) is 12.3 Å². The smallest absolute Gasteiger partial charge is 0.251 e. The molecule has 18 heavy (non-hydrogen) atoms. The van der Waals surface area contributed by atoms with Gasteiger partial charge >= 0.3 is 0 Å². The maximum absolute atomic E-state index is 11.9. The summed E-state index contributed by atoms with van der Waals surface area (Å²) >= 11 is 0. The summed E-state index contributed by atoms with van der Waals surface area (Å²) in [6, 6.07) is 5.52. The SMILES string of the molecule is CS(=O)CCNC(=O)c1ccc2c(c1)NCCN2. The molecule has 0 bridgehead atoms. The van der Waals surface area contributed by atoms with Crippen molar-refractivity contribution in [1.82, 2.24) is 5.32 Å². The van der Waals surface area contributed by atoms with Gasteiger partial charge < -0.3 is 16.0 Å². The predicted octanol–water partition coefficient (Wildman–Crippen LogP) is 0.632. The Morgan fingerprint density at radius 2 is 2.06 bits per heavy atom. The van der Waals surface area contributed by atoms with Crippen LogP contribution in [-0.4, -0.2) is 41.8 Å². The minimum Gasteiger partial charge on any atom is -0.382 e. The van der Waals surface area contributed by atoms with Crippen LogP contribution in [0.4, 0.5) is 11.4 Å². The number of amides is 1. The van der Waals surface area contributed by atoms with Gasteiger partial charge in [-0.3, -0.25) is 9.00 Å². The first-order chi connectivity index (χ1) is 8.66. The van der Waals surface area contributed by atoms with Gasteiger partial charge in [0, 0.05) is 48.0 Å². The van der Waals surface area contributed by atoms with E-state index in [9.17, 15) is 9.00 Å². The van der Waals surface area contributed by atoms with Gasteiger partial charge in [-0.05, 0) is 18.2 Å². The zero-order valence-electron chi connectivity index (χ0n) is 10.3. The lowest BCUT2D eigenvalue weighted by Crippen LogP contribution is -2.28. The first-order valence-corrected chi connectivity index (χ1v) is 7.59. The van der Waals surface area contributed by atoms with E-state index in [0.29, 0.717) is 17.9 Å². The van der Waals surface area contributed by atoms with E-state index in [0.717, 1.165) is 24.5 Å². The van der Waals surface area contributed by atoms with Crippen molar-refractivity contribution in [2.24, 2.45) is 0 Å². The second-order valence-corrected chi connectivity index (χ2v) is 5.70. The molecular formula is C12H17N3O2S. The Balaban J connectivity index is 2.00. The van der Waals surface area contributed by atoms with E-state index in [-0.39, 0.29) is 5.91 Å². The van der Waals surface area contributed by atoms with Gasteiger partial charge in [0.1, 0.15) is 0 Å². The fourth-order valence-electron chi connectivity index (χ4n) is 1.79. The molecule has 1 atom stereocenters. The van der Waals surface area contributed by atoms with Gasteiger partial charge in [0.15, 0.2) is 0 Å². The minimum absolute atomic E-state index is 0.129. The molecule has 1 unspecified atom stereocenters. The summed E-state index contributed by atoms with van der Waals surface area (Å²) in [4.78, 5) is 11.9. The Bertz CT molecular complexity index is 476. The molecule has 0 aromatic heterocycles. The van der Waals surface area contributed by atoms with Crippen LogP contribution in [0.15, 0.2) is 18.2 Å². The molecular weight excluding hydrogens is 250 g/mol. The number of nitrogens with one attached hydrogen (secondary N) is 3. The third-order valence-electron chi connectivity index (χ3n) is 2.71. The molecule has 1 aromatic carbocycles. The van der Waals surface area contributed by atoms with Crippen LogP contribution in [0, 0.1) is 0 Å². The predicted molar refractivity (Wildman–Crippen MR) is 74.7 cm³/mol. The Kier molecular flexibility index (Phi) is 4.19. The summed E-state index contributed by atoms with van der Waals surface area (Å²) < 4.78 is 10.9. The highest BCUT2D eigenvalue weighted by Crippen LogP contribution is 2.25. The van der Waals surface area contributed by atoms with Crippen molar-refractivity contribution in [1.29, 1.82) is 0 Å². The van der Waals surface area contributed by atoms with Crippen molar-refractivity contribution in [3.63, 3.8) is 0 Å². The number of carbonyl (C=O) groups excluding carboxylic acids is 1. The molecule has 1 heterocycles. The summed E-state index contributed by atoms with van der Waals surface area (Å²) in [6.45, 7) is 2.18. The van der Waals surface area contributed by atoms with Crippen LogP contribution < -0.4 is 16.0 Å². The minimum atomic E-state index is -0.877. The van der Waals surface area contributed by atoms with Crippen LogP contribution in [0.25, 0.3) is 0 Å². The van der Waals surface area contributed by atoms with Crippen LogP contribution in [0.3, 0.4) is 0 Å².